The average Bonchev–Trinajstić information content (AvgIpc) is 3.31. The van der Waals surface area contributed by atoms with Gasteiger partial charge in [0.05, 0.1) is 12.3 Å². The Morgan fingerprint density at radius 1 is 1.07 bits per heavy atom. The normalized spacial score (nSPS) is 14.7. The Hall–Kier alpha value is -3.26. The van der Waals surface area contributed by atoms with E-state index in [1.54, 1.807) is 4.68 Å². The van der Waals surface area contributed by atoms with Gasteiger partial charge in [-0.25, -0.2) is 4.68 Å². The summed E-state index contributed by atoms with van der Waals surface area (Å²) < 4.78 is 7.04. The van der Waals surface area contributed by atoms with Gasteiger partial charge in [0.15, 0.2) is 0 Å². The summed E-state index contributed by atoms with van der Waals surface area (Å²) >= 11 is 0. The summed E-state index contributed by atoms with van der Waals surface area (Å²) in [6, 6.07) is 15.6. The standard InChI is InChI=1S/C21H24N6O2/c1-2-29-20-8-6-17(7-9-20)15-25-10-12-26(13-11-25)21(28)18-4-3-5-19(14-18)27-16-22-23-24-27/h3-9,14,16H,2,10-13,15H2,1H3. The Morgan fingerprint density at radius 2 is 1.86 bits per heavy atom. The highest BCUT2D eigenvalue weighted by Gasteiger charge is 2.22. The van der Waals surface area contributed by atoms with Gasteiger partial charge in [-0.2, -0.15) is 0 Å². The fraction of sp³-hybridized carbons (Fsp3) is 0.333. The minimum atomic E-state index is 0.0423. The first-order valence-corrected chi connectivity index (χ1v) is 9.80. The molecule has 2 aromatic carbocycles. The monoisotopic (exact) mass is 392 g/mol. The molecule has 0 bridgehead atoms. The minimum absolute atomic E-state index is 0.0423. The van der Waals surface area contributed by atoms with Crippen LogP contribution in [0.25, 0.3) is 5.69 Å². The van der Waals surface area contributed by atoms with Gasteiger partial charge in [0.1, 0.15) is 12.1 Å². The van der Waals surface area contributed by atoms with Crippen LogP contribution in [0.4, 0.5) is 0 Å². The summed E-state index contributed by atoms with van der Waals surface area (Å²) in [4.78, 5) is 17.2. The zero-order valence-corrected chi connectivity index (χ0v) is 16.4. The predicted molar refractivity (Wildman–Crippen MR) is 108 cm³/mol. The summed E-state index contributed by atoms with van der Waals surface area (Å²) in [5, 5.41) is 11.2. The van der Waals surface area contributed by atoms with E-state index in [1.807, 2.05) is 48.2 Å². The molecule has 0 saturated carbocycles. The number of nitrogens with zero attached hydrogens (tertiary/aromatic N) is 6. The lowest BCUT2D eigenvalue weighted by molar-refractivity contribution is 0.0628. The number of amides is 1. The molecule has 8 nitrogen and oxygen atoms in total. The van der Waals surface area contributed by atoms with Crippen LogP contribution in [0.5, 0.6) is 5.75 Å². The van der Waals surface area contributed by atoms with Gasteiger partial charge in [0.25, 0.3) is 5.91 Å². The SMILES string of the molecule is CCOc1ccc(CN2CCN(C(=O)c3cccc(-n4cnnn4)c3)CC2)cc1. The number of carbonyl (C=O) groups excluding carboxylic acids is 1. The van der Waals surface area contributed by atoms with Crippen LogP contribution in [0.2, 0.25) is 0 Å². The maximum atomic E-state index is 12.9. The van der Waals surface area contributed by atoms with Gasteiger partial charge in [-0.05, 0) is 53.2 Å². The summed E-state index contributed by atoms with van der Waals surface area (Å²) in [5.74, 6) is 0.941. The van der Waals surface area contributed by atoms with Crippen LogP contribution in [-0.4, -0.2) is 68.7 Å². The zero-order valence-electron chi connectivity index (χ0n) is 16.4. The zero-order chi connectivity index (χ0) is 20.1. The van der Waals surface area contributed by atoms with Crippen molar-refractivity contribution in [1.82, 2.24) is 30.0 Å². The molecule has 150 valence electrons. The van der Waals surface area contributed by atoms with Crippen molar-refractivity contribution in [2.24, 2.45) is 0 Å². The molecule has 0 unspecified atom stereocenters. The molecule has 0 N–H and O–H groups in total. The van der Waals surface area contributed by atoms with E-state index in [2.05, 4.69) is 32.6 Å². The summed E-state index contributed by atoms with van der Waals surface area (Å²) in [5.41, 5.74) is 2.68. The van der Waals surface area contributed by atoms with Crippen molar-refractivity contribution in [2.45, 2.75) is 13.5 Å². The molecule has 0 radical (unpaired) electrons. The number of hydrogen-bond donors (Lipinski definition) is 0. The predicted octanol–water partition coefficient (Wildman–Crippen LogP) is 2.02. The van der Waals surface area contributed by atoms with Crippen molar-refractivity contribution in [1.29, 1.82) is 0 Å². The third kappa shape index (κ3) is 4.60. The fourth-order valence-electron chi connectivity index (χ4n) is 3.47. The van der Waals surface area contributed by atoms with Crippen molar-refractivity contribution in [2.75, 3.05) is 32.8 Å². The summed E-state index contributed by atoms with van der Waals surface area (Å²) in [6.07, 6.45) is 1.52. The van der Waals surface area contributed by atoms with Crippen LogP contribution in [0.1, 0.15) is 22.8 Å². The van der Waals surface area contributed by atoms with Crippen molar-refractivity contribution >= 4 is 5.91 Å². The second-order valence-electron chi connectivity index (χ2n) is 6.95. The van der Waals surface area contributed by atoms with Crippen LogP contribution in [-0.2, 0) is 6.54 Å². The number of hydrogen-bond acceptors (Lipinski definition) is 6. The van der Waals surface area contributed by atoms with Crippen molar-refractivity contribution in [3.8, 4) is 11.4 Å². The van der Waals surface area contributed by atoms with Gasteiger partial charge in [0.2, 0.25) is 0 Å². The van der Waals surface area contributed by atoms with Gasteiger partial charge < -0.3 is 9.64 Å². The molecule has 8 heteroatoms. The van der Waals surface area contributed by atoms with Crippen LogP contribution >= 0.6 is 0 Å². The third-order valence-corrected chi connectivity index (χ3v) is 5.01. The first kappa shape index (κ1) is 19.1. The summed E-state index contributed by atoms with van der Waals surface area (Å²) in [7, 11) is 0. The smallest absolute Gasteiger partial charge is 0.254 e. The lowest BCUT2D eigenvalue weighted by Crippen LogP contribution is -2.48. The first-order valence-electron chi connectivity index (χ1n) is 9.80. The van der Waals surface area contributed by atoms with E-state index in [0.717, 1.165) is 31.1 Å². The number of benzene rings is 2. The van der Waals surface area contributed by atoms with Crippen molar-refractivity contribution in [3.05, 3.63) is 66.0 Å². The van der Waals surface area contributed by atoms with Gasteiger partial charge in [-0.1, -0.05) is 18.2 Å². The van der Waals surface area contributed by atoms with Crippen LogP contribution in [0, 0.1) is 0 Å². The van der Waals surface area contributed by atoms with Gasteiger partial charge in [0, 0.05) is 38.3 Å². The number of rotatable bonds is 6. The molecule has 1 saturated heterocycles. The van der Waals surface area contributed by atoms with Crippen LogP contribution in [0.15, 0.2) is 54.9 Å². The average molecular weight is 392 g/mol. The highest BCUT2D eigenvalue weighted by atomic mass is 16.5. The largest absolute Gasteiger partial charge is 0.494 e. The lowest BCUT2D eigenvalue weighted by atomic mass is 10.1. The van der Waals surface area contributed by atoms with E-state index in [9.17, 15) is 4.79 Å². The Bertz CT molecular complexity index is 934. The van der Waals surface area contributed by atoms with Crippen molar-refractivity contribution in [3.63, 3.8) is 0 Å². The number of ether oxygens (including phenoxy) is 1. The molecule has 1 amide bonds. The molecular formula is C21H24N6O2. The van der Waals surface area contributed by atoms with Gasteiger partial charge >= 0.3 is 0 Å². The molecule has 4 rings (SSSR count). The molecule has 29 heavy (non-hydrogen) atoms. The van der Waals surface area contributed by atoms with Crippen LogP contribution in [0.3, 0.4) is 0 Å². The Balaban J connectivity index is 1.33. The molecule has 0 aliphatic carbocycles. The van der Waals surface area contributed by atoms with E-state index in [-0.39, 0.29) is 5.91 Å². The first-order chi connectivity index (χ1) is 14.2. The second-order valence-corrected chi connectivity index (χ2v) is 6.95. The highest BCUT2D eigenvalue weighted by molar-refractivity contribution is 5.94. The van der Waals surface area contributed by atoms with E-state index in [0.29, 0.717) is 25.3 Å². The van der Waals surface area contributed by atoms with E-state index in [1.165, 1.54) is 11.9 Å². The Morgan fingerprint density at radius 3 is 2.55 bits per heavy atom. The van der Waals surface area contributed by atoms with E-state index in [4.69, 9.17) is 4.74 Å². The molecule has 1 aromatic heterocycles. The Kier molecular flexibility index (Phi) is 5.81. The topological polar surface area (TPSA) is 76.4 Å². The molecular weight excluding hydrogens is 368 g/mol. The molecule has 3 aromatic rings. The summed E-state index contributed by atoms with van der Waals surface area (Å²) in [6.45, 7) is 6.67. The quantitative estimate of drug-likeness (QED) is 0.639. The molecule has 1 aliphatic heterocycles. The Labute approximate surface area is 169 Å². The molecule has 0 atom stereocenters. The lowest BCUT2D eigenvalue weighted by Gasteiger charge is -2.34. The van der Waals surface area contributed by atoms with Gasteiger partial charge in [-0.3, -0.25) is 9.69 Å². The van der Waals surface area contributed by atoms with Gasteiger partial charge in [-0.15, -0.1) is 5.10 Å². The maximum Gasteiger partial charge on any atom is 0.254 e. The fourth-order valence-corrected chi connectivity index (χ4v) is 3.47. The highest BCUT2D eigenvalue weighted by Crippen LogP contribution is 2.16. The third-order valence-electron chi connectivity index (χ3n) is 5.01. The molecule has 1 aliphatic rings. The minimum Gasteiger partial charge on any atom is -0.494 e. The van der Waals surface area contributed by atoms with E-state index < -0.39 is 0 Å². The maximum absolute atomic E-state index is 12.9. The molecule has 0 spiro atoms. The van der Waals surface area contributed by atoms with E-state index >= 15 is 0 Å². The van der Waals surface area contributed by atoms with Crippen LogP contribution < -0.4 is 4.74 Å². The number of carbonyl (C=O) groups is 1. The second kappa shape index (κ2) is 8.83. The number of piperazine rings is 1. The molecule has 1 fully saturated rings. The number of aromatic nitrogens is 4. The van der Waals surface area contributed by atoms with Crippen molar-refractivity contribution < 1.29 is 9.53 Å². The molecule has 2 heterocycles. The number of tetrazole rings is 1.